The number of hydrogen-bond donors (Lipinski definition) is 4. The van der Waals surface area contributed by atoms with E-state index >= 15 is 0 Å². The van der Waals surface area contributed by atoms with Crippen LogP contribution < -0.4 is 11.1 Å². The van der Waals surface area contributed by atoms with E-state index in [1.54, 1.807) is 24.3 Å². The van der Waals surface area contributed by atoms with Crippen LogP contribution >= 0.6 is 11.6 Å². The van der Waals surface area contributed by atoms with E-state index in [9.17, 15) is 9.90 Å². The number of rotatable bonds is 3. The van der Waals surface area contributed by atoms with Crippen LogP contribution in [0.4, 0.5) is 5.69 Å². The van der Waals surface area contributed by atoms with Crippen molar-refractivity contribution < 1.29 is 15.1 Å². The molecule has 0 radical (unpaired) electrons. The summed E-state index contributed by atoms with van der Waals surface area (Å²) in [6.45, 7) is 0. The van der Waals surface area contributed by atoms with Crippen LogP contribution in [0.15, 0.2) is 47.6 Å². The number of halogens is 1. The van der Waals surface area contributed by atoms with Crippen LogP contribution in [0, 0.1) is 0 Å². The molecule has 0 bridgehead atoms. The van der Waals surface area contributed by atoms with Gasteiger partial charge in [0.15, 0.2) is 5.84 Å². The number of nitrogens with one attached hydrogen (secondary N) is 1. The minimum Gasteiger partial charge on any atom is -0.508 e. The maximum atomic E-state index is 12.1. The highest BCUT2D eigenvalue weighted by molar-refractivity contribution is 6.34. The van der Waals surface area contributed by atoms with Gasteiger partial charge in [-0.2, -0.15) is 0 Å². The van der Waals surface area contributed by atoms with Crippen LogP contribution in [0.25, 0.3) is 0 Å². The van der Waals surface area contributed by atoms with Crippen LogP contribution in [0.5, 0.6) is 5.75 Å². The second-order valence-corrected chi connectivity index (χ2v) is 4.59. The number of oxime groups is 1. The predicted octanol–water partition coefficient (Wildman–Crippen LogP) is 2.39. The Morgan fingerprint density at radius 1 is 1.24 bits per heavy atom. The lowest BCUT2D eigenvalue weighted by molar-refractivity contribution is 0.102. The molecule has 2 rings (SSSR count). The molecule has 0 aliphatic carbocycles. The Labute approximate surface area is 125 Å². The van der Waals surface area contributed by atoms with Gasteiger partial charge in [-0.1, -0.05) is 28.9 Å². The topological polar surface area (TPSA) is 108 Å². The van der Waals surface area contributed by atoms with Crippen LogP contribution in [0.2, 0.25) is 5.02 Å². The Kier molecular flexibility index (Phi) is 4.30. The second-order valence-electron chi connectivity index (χ2n) is 4.18. The molecule has 0 aliphatic rings. The fourth-order valence-corrected chi connectivity index (χ4v) is 1.90. The number of phenolic OH excluding ortho intramolecular Hbond substituents is 1. The molecule has 0 atom stereocenters. The number of amidine groups is 1. The van der Waals surface area contributed by atoms with Crippen molar-refractivity contribution in [3.8, 4) is 5.75 Å². The zero-order valence-electron chi connectivity index (χ0n) is 10.7. The first kappa shape index (κ1) is 14.7. The molecule has 108 valence electrons. The number of carbonyl (C=O) groups is 1. The lowest BCUT2D eigenvalue weighted by Gasteiger charge is -2.08. The number of carbonyl (C=O) groups excluding carboxylic acids is 1. The summed E-state index contributed by atoms with van der Waals surface area (Å²) in [4.78, 5) is 12.1. The molecule has 7 heteroatoms. The molecule has 0 saturated carbocycles. The van der Waals surface area contributed by atoms with Gasteiger partial charge in [-0.25, -0.2) is 0 Å². The molecular weight excluding hydrogens is 294 g/mol. The smallest absolute Gasteiger partial charge is 0.257 e. The summed E-state index contributed by atoms with van der Waals surface area (Å²) < 4.78 is 0. The number of hydrogen-bond acceptors (Lipinski definition) is 4. The second kappa shape index (κ2) is 6.15. The third kappa shape index (κ3) is 3.43. The van der Waals surface area contributed by atoms with E-state index in [1.165, 1.54) is 18.2 Å². The van der Waals surface area contributed by atoms with Gasteiger partial charge in [0.25, 0.3) is 5.91 Å². The van der Waals surface area contributed by atoms with Crippen molar-refractivity contribution in [2.24, 2.45) is 10.9 Å². The zero-order chi connectivity index (χ0) is 15.4. The summed E-state index contributed by atoms with van der Waals surface area (Å²) >= 11 is 5.92. The molecule has 0 spiro atoms. The van der Waals surface area contributed by atoms with E-state index in [4.69, 9.17) is 22.5 Å². The van der Waals surface area contributed by atoms with E-state index in [0.717, 1.165) is 0 Å². The molecule has 0 aliphatic heterocycles. The van der Waals surface area contributed by atoms with Crippen LogP contribution in [-0.2, 0) is 0 Å². The predicted molar refractivity (Wildman–Crippen MR) is 80.0 cm³/mol. The van der Waals surface area contributed by atoms with Crippen molar-refractivity contribution in [3.05, 3.63) is 58.6 Å². The van der Waals surface area contributed by atoms with Gasteiger partial charge in [0.2, 0.25) is 0 Å². The van der Waals surface area contributed by atoms with Gasteiger partial charge in [0.1, 0.15) is 5.75 Å². The third-order valence-electron chi connectivity index (χ3n) is 2.72. The molecule has 2 aromatic rings. The average molecular weight is 306 g/mol. The zero-order valence-corrected chi connectivity index (χ0v) is 11.5. The first-order valence-corrected chi connectivity index (χ1v) is 6.27. The number of phenols is 1. The van der Waals surface area contributed by atoms with Crippen molar-refractivity contribution in [2.45, 2.75) is 0 Å². The molecule has 6 nitrogen and oxygen atoms in total. The standard InChI is InChI=1S/C14H12ClN3O3/c15-12-5-4-10(19)7-11(12)14(20)17-9-3-1-2-8(6-9)13(16)18-21/h1-7,19,21H,(H2,16,18)(H,17,20). The SMILES string of the molecule is N/C(=N/O)c1cccc(NC(=O)c2cc(O)ccc2Cl)c1. The number of nitrogens with zero attached hydrogens (tertiary/aromatic N) is 1. The maximum Gasteiger partial charge on any atom is 0.257 e. The summed E-state index contributed by atoms with van der Waals surface area (Å²) in [5.74, 6) is -0.607. The van der Waals surface area contributed by atoms with Gasteiger partial charge in [-0.15, -0.1) is 0 Å². The number of anilines is 1. The Morgan fingerprint density at radius 2 is 2.00 bits per heavy atom. The molecular formula is C14H12ClN3O3. The van der Waals surface area contributed by atoms with Crippen LogP contribution in [0.1, 0.15) is 15.9 Å². The first-order chi connectivity index (χ1) is 10.0. The Bertz CT molecular complexity index is 716. The van der Waals surface area contributed by atoms with Crippen molar-refractivity contribution in [1.29, 1.82) is 0 Å². The van der Waals surface area contributed by atoms with Gasteiger partial charge in [0.05, 0.1) is 10.6 Å². The maximum absolute atomic E-state index is 12.1. The summed E-state index contributed by atoms with van der Waals surface area (Å²) in [5, 5.41) is 23.8. The van der Waals surface area contributed by atoms with Gasteiger partial charge in [-0.05, 0) is 30.3 Å². The molecule has 1 amide bonds. The van der Waals surface area contributed by atoms with Crippen molar-refractivity contribution >= 4 is 29.0 Å². The monoisotopic (exact) mass is 305 g/mol. The molecule has 0 heterocycles. The van der Waals surface area contributed by atoms with E-state index in [-0.39, 0.29) is 22.2 Å². The van der Waals surface area contributed by atoms with E-state index in [0.29, 0.717) is 11.3 Å². The quantitative estimate of drug-likeness (QED) is 0.302. The van der Waals surface area contributed by atoms with Gasteiger partial charge in [0, 0.05) is 11.3 Å². The van der Waals surface area contributed by atoms with Crippen LogP contribution in [0.3, 0.4) is 0 Å². The Hall–Kier alpha value is -2.73. The molecule has 0 fully saturated rings. The normalized spacial score (nSPS) is 11.2. The highest BCUT2D eigenvalue weighted by atomic mass is 35.5. The molecule has 21 heavy (non-hydrogen) atoms. The van der Waals surface area contributed by atoms with Crippen molar-refractivity contribution in [1.82, 2.24) is 0 Å². The summed E-state index contributed by atoms with van der Waals surface area (Å²) in [7, 11) is 0. The fraction of sp³-hybridized carbons (Fsp3) is 0. The number of nitrogens with two attached hydrogens (primary N) is 1. The Morgan fingerprint density at radius 3 is 2.71 bits per heavy atom. The van der Waals surface area contributed by atoms with Gasteiger partial charge in [-0.3, -0.25) is 4.79 Å². The molecule has 2 aromatic carbocycles. The van der Waals surface area contributed by atoms with E-state index < -0.39 is 5.91 Å². The largest absolute Gasteiger partial charge is 0.508 e. The molecule has 0 aromatic heterocycles. The van der Waals surface area contributed by atoms with Gasteiger partial charge >= 0.3 is 0 Å². The van der Waals surface area contributed by atoms with E-state index in [2.05, 4.69) is 10.5 Å². The number of benzene rings is 2. The summed E-state index contributed by atoms with van der Waals surface area (Å²) in [5.41, 5.74) is 6.53. The summed E-state index contributed by atoms with van der Waals surface area (Å²) in [6, 6.07) is 10.5. The van der Waals surface area contributed by atoms with Gasteiger partial charge < -0.3 is 21.4 Å². The highest BCUT2D eigenvalue weighted by Gasteiger charge is 2.12. The van der Waals surface area contributed by atoms with Crippen LogP contribution in [-0.4, -0.2) is 22.1 Å². The minimum absolute atomic E-state index is 0.0602. The molecule has 5 N–H and O–H groups in total. The fourth-order valence-electron chi connectivity index (χ4n) is 1.70. The number of amides is 1. The lowest BCUT2D eigenvalue weighted by atomic mass is 10.1. The highest BCUT2D eigenvalue weighted by Crippen LogP contribution is 2.22. The van der Waals surface area contributed by atoms with E-state index in [1.807, 2.05) is 0 Å². The molecule has 0 saturated heterocycles. The van der Waals surface area contributed by atoms with Crippen molar-refractivity contribution in [2.75, 3.05) is 5.32 Å². The first-order valence-electron chi connectivity index (χ1n) is 5.89. The number of aromatic hydroxyl groups is 1. The molecule has 0 unspecified atom stereocenters. The third-order valence-corrected chi connectivity index (χ3v) is 3.05. The lowest BCUT2D eigenvalue weighted by Crippen LogP contribution is -2.15. The van der Waals surface area contributed by atoms with Crippen molar-refractivity contribution in [3.63, 3.8) is 0 Å². The Balaban J connectivity index is 2.26. The average Bonchev–Trinajstić information content (AvgIpc) is 2.49. The minimum atomic E-state index is -0.479. The summed E-state index contributed by atoms with van der Waals surface area (Å²) in [6.07, 6.45) is 0.